The number of methoxy groups -OCH3 is 2. The number of amides is 4. The van der Waals surface area contributed by atoms with Gasteiger partial charge in [-0.25, -0.2) is 19.6 Å². The summed E-state index contributed by atoms with van der Waals surface area (Å²) in [6.07, 6.45) is 13.1. The number of alkyl carbamates (subject to hydrolysis) is 1. The summed E-state index contributed by atoms with van der Waals surface area (Å²) in [5.74, 6) is -0.551. The Balaban J connectivity index is 0.000000296. The third-order valence-electron chi connectivity index (χ3n) is 9.87. The van der Waals surface area contributed by atoms with Crippen molar-refractivity contribution in [3.63, 3.8) is 0 Å². The van der Waals surface area contributed by atoms with Gasteiger partial charge in [0.2, 0.25) is 17.7 Å². The minimum atomic E-state index is -0.562. The number of carbonyl (C=O) groups is 5. The van der Waals surface area contributed by atoms with Crippen molar-refractivity contribution in [3.05, 3.63) is 84.7 Å². The largest absolute Gasteiger partial charge is 0.464 e. The lowest BCUT2D eigenvalue weighted by molar-refractivity contribution is -0.131. The molecule has 2 aromatic carbocycles. The highest BCUT2D eigenvalue weighted by atomic mass is 32.1. The van der Waals surface area contributed by atoms with Crippen molar-refractivity contribution in [1.29, 1.82) is 0 Å². The third-order valence-corrected chi connectivity index (χ3v) is 10.9. The molecule has 8 rings (SSSR count). The van der Waals surface area contributed by atoms with Crippen LogP contribution >= 0.6 is 11.3 Å². The van der Waals surface area contributed by atoms with Gasteiger partial charge in [-0.15, -0.1) is 11.3 Å². The van der Waals surface area contributed by atoms with Crippen LogP contribution in [0.5, 0.6) is 0 Å². The van der Waals surface area contributed by atoms with Crippen molar-refractivity contribution in [2.75, 3.05) is 53.5 Å². The topological polar surface area (TPSA) is 207 Å². The number of hydrogen-bond acceptors (Lipinski definition) is 10. The Kier molecular flexibility index (Phi) is 24.2. The van der Waals surface area contributed by atoms with Gasteiger partial charge in [-0.05, 0) is 47.9 Å². The number of nitrogens with one attached hydrogen (secondary N) is 5. The second kappa shape index (κ2) is 29.7. The van der Waals surface area contributed by atoms with Crippen LogP contribution in [0.3, 0.4) is 0 Å². The number of thiophene rings is 1. The second-order valence-electron chi connectivity index (χ2n) is 15.2. The number of aromatic nitrogens is 5. The van der Waals surface area contributed by atoms with Crippen molar-refractivity contribution in [3.8, 4) is 44.8 Å². The Labute approximate surface area is 398 Å². The molecule has 0 bridgehead atoms. The van der Waals surface area contributed by atoms with Gasteiger partial charge in [0, 0.05) is 49.6 Å². The van der Waals surface area contributed by atoms with Crippen LogP contribution in [-0.2, 0) is 23.9 Å². The fourth-order valence-corrected chi connectivity index (χ4v) is 7.87. The molecular weight excluding hydrogens is 871 g/mol. The lowest BCUT2D eigenvalue weighted by Gasteiger charge is -2.14. The van der Waals surface area contributed by atoms with Gasteiger partial charge in [0.05, 0.1) is 67.4 Å². The zero-order chi connectivity index (χ0) is 49.1. The molecule has 0 unspecified atom stereocenters. The predicted molar refractivity (Wildman–Crippen MR) is 268 cm³/mol. The minimum Gasteiger partial charge on any atom is -0.464 e. The summed E-state index contributed by atoms with van der Waals surface area (Å²) >= 11 is 1.61. The summed E-state index contributed by atoms with van der Waals surface area (Å²) in [6.45, 7) is 17.4. The molecular formula is C50H69N9O7S. The maximum Gasteiger partial charge on any atom is 0.407 e. The summed E-state index contributed by atoms with van der Waals surface area (Å²) in [5, 5.41) is 6.97. The number of H-pyrrole nitrogens is 3. The van der Waals surface area contributed by atoms with Crippen molar-refractivity contribution in [2.45, 2.75) is 87.0 Å². The van der Waals surface area contributed by atoms with Crippen LogP contribution in [-0.4, -0.2) is 118 Å². The summed E-state index contributed by atoms with van der Waals surface area (Å²) < 4.78 is 10.5. The van der Waals surface area contributed by atoms with Crippen LogP contribution in [0.4, 0.5) is 4.79 Å². The summed E-state index contributed by atoms with van der Waals surface area (Å²) in [5.41, 5.74) is 9.27. The molecule has 0 saturated carbocycles. The highest BCUT2D eigenvalue weighted by Crippen LogP contribution is 2.42. The number of esters is 1. The quantitative estimate of drug-likeness (QED) is 0.0874. The monoisotopic (exact) mass is 940 g/mol. The first-order valence-corrected chi connectivity index (χ1v) is 23.9. The molecule has 2 aliphatic heterocycles. The molecule has 2 aliphatic rings. The van der Waals surface area contributed by atoms with E-state index < -0.39 is 12.1 Å². The summed E-state index contributed by atoms with van der Waals surface area (Å²) in [4.78, 5) is 77.7. The number of ether oxygens (including phenoxy) is 2. The van der Waals surface area contributed by atoms with E-state index >= 15 is 0 Å². The van der Waals surface area contributed by atoms with Gasteiger partial charge in [0.1, 0.15) is 12.2 Å². The van der Waals surface area contributed by atoms with Crippen LogP contribution in [0.1, 0.15) is 97.5 Å². The molecule has 0 aliphatic carbocycles. The summed E-state index contributed by atoms with van der Waals surface area (Å²) in [6, 6.07) is 16.4. The Morgan fingerprint density at radius 3 is 1.49 bits per heavy atom. The van der Waals surface area contributed by atoms with Crippen molar-refractivity contribution < 1.29 is 33.4 Å². The van der Waals surface area contributed by atoms with E-state index in [1.807, 2.05) is 38.1 Å². The molecule has 362 valence electrons. The fraction of sp³-hybridized carbons (Fsp3) is 0.420. The number of aromatic amines is 3. The molecule has 16 nitrogen and oxygen atoms in total. The minimum absolute atomic E-state index is 0.0303. The molecule has 4 aromatic heterocycles. The molecule has 2 fully saturated rings. The van der Waals surface area contributed by atoms with E-state index in [9.17, 15) is 24.0 Å². The van der Waals surface area contributed by atoms with E-state index in [1.54, 1.807) is 46.2 Å². The summed E-state index contributed by atoms with van der Waals surface area (Å²) in [7, 11) is 2.67. The SMILES string of the molecule is CC.CC(=O)NCC(=O)N1CCCC1.CCC.CCC.COC(=O)NCC(=O)N1CCCC1.COC(=O)c1[nH]c2c(-c3ccc(-c4cnc[nH]4)cc3)csc2c1-c1ccc(-c2cnc[nH]2)cc1. The van der Waals surface area contributed by atoms with Gasteiger partial charge < -0.3 is 44.9 Å². The first kappa shape index (κ1) is 54.6. The lowest BCUT2D eigenvalue weighted by Crippen LogP contribution is -2.38. The molecule has 4 amide bonds. The van der Waals surface area contributed by atoms with Crippen LogP contribution in [0.15, 0.2) is 79.0 Å². The van der Waals surface area contributed by atoms with Gasteiger partial charge in [-0.2, -0.15) is 0 Å². The Morgan fingerprint density at radius 1 is 0.657 bits per heavy atom. The molecule has 0 atom stereocenters. The molecule has 6 heterocycles. The highest BCUT2D eigenvalue weighted by molar-refractivity contribution is 7.18. The molecule has 67 heavy (non-hydrogen) atoms. The average molecular weight is 940 g/mol. The zero-order valence-electron chi connectivity index (χ0n) is 40.5. The predicted octanol–water partition coefficient (Wildman–Crippen LogP) is 9.70. The number of fused-ring (bicyclic) bond motifs is 1. The van der Waals surface area contributed by atoms with Gasteiger partial charge in [0.25, 0.3) is 0 Å². The lowest BCUT2D eigenvalue weighted by atomic mass is 10.0. The number of hydrogen-bond donors (Lipinski definition) is 5. The van der Waals surface area contributed by atoms with Gasteiger partial charge in [0.15, 0.2) is 0 Å². The van der Waals surface area contributed by atoms with Gasteiger partial charge in [-0.1, -0.05) is 103 Å². The van der Waals surface area contributed by atoms with Crippen LogP contribution in [0, 0.1) is 0 Å². The average Bonchev–Trinajstić information content (AvgIpc) is 4.22. The second-order valence-corrected chi connectivity index (χ2v) is 16.0. The van der Waals surface area contributed by atoms with E-state index in [2.05, 4.69) is 97.6 Å². The fourth-order valence-electron chi connectivity index (χ4n) is 6.76. The first-order valence-electron chi connectivity index (χ1n) is 23.0. The van der Waals surface area contributed by atoms with E-state index in [0.717, 1.165) is 107 Å². The normalized spacial score (nSPS) is 12.3. The van der Waals surface area contributed by atoms with Crippen molar-refractivity contribution in [2.24, 2.45) is 0 Å². The first-order chi connectivity index (χ1) is 32.5. The van der Waals surface area contributed by atoms with Crippen LogP contribution in [0.25, 0.3) is 55.0 Å². The maximum atomic E-state index is 12.7. The molecule has 2 saturated heterocycles. The number of imidazole rings is 2. The number of carbonyl (C=O) groups excluding carboxylic acids is 5. The Bertz CT molecular complexity index is 2360. The van der Waals surface area contributed by atoms with Crippen molar-refractivity contribution >= 4 is 51.3 Å². The van der Waals surface area contributed by atoms with Crippen LogP contribution in [0.2, 0.25) is 0 Å². The standard InChI is InChI=1S/C26H19N5O2S.C8H14N2O3.C8H14N2O2.2C3H8.C2H6/c1-33-26(32)24-22(18-8-6-17(7-9-18)21-11-28-14-30-21)25-23(31-24)19(12-34-25)15-2-4-16(5-3-15)20-10-27-13-29-20;1-13-8(12)9-6-7(11)10-4-2-3-5-10;1-7(11)9-6-8(12)10-4-2-3-5-10;2*1-3-2;1-2/h2-14,31H,1H3,(H,27,29)(H,28,30);2-6H2,1H3,(H,9,12);2-6H2,1H3,(H,9,11);2*3H2,1-2H3;1-2H3. The highest BCUT2D eigenvalue weighted by Gasteiger charge is 2.24. The van der Waals surface area contributed by atoms with E-state index in [1.165, 1.54) is 34.0 Å². The smallest absolute Gasteiger partial charge is 0.407 e. The number of likely N-dealkylation sites (tertiary alicyclic amines) is 2. The number of benzene rings is 2. The number of rotatable bonds is 9. The van der Waals surface area contributed by atoms with E-state index in [4.69, 9.17) is 4.74 Å². The van der Waals surface area contributed by atoms with Crippen LogP contribution < -0.4 is 10.6 Å². The zero-order valence-corrected chi connectivity index (χ0v) is 41.4. The third kappa shape index (κ3) is 16.6. The Hall–Kier alpha value is -6.75. The van der Waals surface area contributed by atoms with Gasteiger partial charge >= 0.3 is 12.1 Å². The van der Waals surface area contributed by atoms with Gasteiger partial charge in [-0.3, -0.25) is 14.4 Å². The van der Waals surface area contributed by atoms with E-state index in [-0.39, 0.29) is 30.8 Å². The Morgan fingerprint density at radius 2 is 1.09 bits per heavy atom. The number of nitrogens with zero attached hydrogens (tertiary/aromatic N) is 4. The van der Waals surface area contributed by atoms with Crippen molar-refractivity contribution in [1.82, 2.24) is 45.4 Å². The molecule has 0 radical (unpaired) electrons. The molecule has 5 N–H and O–H groups in total. The molecule has 6 aromatic rings. The molecule has 17 heteroatoms. The maximum absolute atomic E-state index is 12.7. The van der Waals surface area contributed by atoms with E-state index in [0.29, 0.717) is 5.69 Å². The molecule has 0 spiro atoms.